The van der Waals surface area contributed by atoms with Gasteiger partial charge in [-0.2, -0.15) is 9.29 Å². The molecule has 0 bridgehead atoms. The second kappa shape index (κ2) is 10.9. The van der Waals surface area contributed by atoms with E-state index in [0.717, 1.165) is 17.3 Å². The number of carbonyl (C=O) groups excluding carboxylic acids is 2. The third kappa shape index (κ3) is 5.72. The Morgan fingerprint density at radius 1 is 0.974 bits per heavy atom. The lowest BCUT2D eigenvalue weighted by molar-refractivity contribution is -0.115. The maximum atomic E-state index is 13.0. The Labute approximate surface area is 225 Å². The monoisotopic (exact) mass is 550 g/mol. The number of amides is 2. The standard InChI is InChI=1S/C26H26N6O4S2/c1-30(18-19-8-4-2-5-9-19)23-17-20(16-22-24(33)29-26(34)37-22)27-25(28-23)31-12-14-32(15-13-31)38(35,36)21-10-6-3-7-11-21/h2-11,16-17H,12-15,18H2,1H3,(H,29,33,34). The number of hydrogen-bond donors (Lipinski definition) is 1. The zero-order valence-electron chi connectivity index (χ0n) is 20.6. The Morgan fingerprint density at radius 3 is 2.26 bits per heavy atom. The van der Waals surface area contributed by atoms with Crippen LogP contribution in [0.3, 0.4) is 0 Å². The topological polar surface area (TPSA) is 116 Å². The van der Waals surface area contributed by atoms with Gasteiger partial charge >= 0.3 is 0 Å². The lowest BCUT2D eigenvalue weighted by Gasteiger charge is -2.34. The van der Waals surface area contributed by atoms with Crippen LogP contribution in [0, 0.1) is 0 Å². The Bertz CT molecular complexity index is 1470. The molecule has 0 unspecified atom stereocenters. The van der Waals surface area contributed by atoms with Crippen molar-refractivity contribution in [2.75, 3.05) is 43.0 Å². The molecule has 38 heavy (non-hydrogen) atoms. The van der Waals surface area contributed by atoms with Crippen molar-refractivity contribution >= 4 is 50.8 Å². The lowest BCUT2D eigenvalue weighted by Crippen LogP contribution is -2.49. The van der Waals surface area contributed by atoms with Crippen molar-refractivity contribution in [1.82, 2.24) is 19.6 Å². The average molecular weight is 551 g/mol. The molecule has 0 radical (unpaired) electrons. The van der Waals surface area contributed by atoms with Gasteiger partial charge in [-0.1, -0.05) is 48.5 Å². The molecule has 196 valence electrons. The minimum Gasteiger partial charge on any atom is -0.355 e. The summed E-state index contributed by atoms with van der Waals surface area (Å²) in [5.74, 6) is 0.611. The van der Waals surface area contributed by atoms with Gasteiger partial charge in [0.05, 0.1) is 15.5 Å². The van der Waals surface area contributed by atoms with Gasteiger partial charge in [0.2, 0.25) is 16.0 Å². The molecule has 0 aliphatic carbocycles. The molecule has 2 fully saturated rings. The number of nitrogens with zero attached hydrogens (tertiary/aromatic N) is 5. The van der Waals surface area contributed by atoms with Gasteiger partial charge in [-0.15, -0.1) is 0 Å². The summed E-state index contributed by atoms with van der Waals surface area (Å²) in [6.07, 6.45) is 1.58. The number of thioether (sulfide) groups is 1. The number of hydrogen-bond acceptors (Lipinski definition) is 9. The minimum absolute atomic E-state index is 0.259. The first-order chi connectivity index (χ1) is 18.3. The maximum Gasteiger partial charge on any atom is 0.290 e. The molecule has 2 saturated heterocycles. The summed E-state index contributed by atoms with van der Waals surface area (Å²) in [4.78, 5) is 37.7. The van der Waals surface area contributed by atoms with Gasteiger partial charge < -0.3 is 9.80 Å². The van der Waals surface area contributed by atoms with Crippen LogP contribution in [0.25, 0.3) is 6.08 Å². The van der Waals surface area contributed by atoms with Crippen LogP contribution < -0.4 is 15.1 Å². The summed E-state index contributed by atoms with van der Waals surface area (Å²) in [6.45, 7) is 1.98. The Hall–Kier alpha value is -3.74. The number of anilines is 2. The van der Waals surface area contributed by atoms with E-state index >= 15 is 0 Å². The number of aromatic nitrogens is 2. The summed E-state index contributed by atoms with van der Waals surface area (Å²) >= 11 is 0.828. The number of nitrogens with one attached hydrogen (secondary N) is 1. The molecule has 0 atom stereocenters. The van der Waals surface area contributed by atoms with Gasteiger partial charge in [0, 0.05) is 45.8 Å². The fraction of sp³-hybridized carbons (Fsp3) is 0.231. The molecule has 2 amide bonds. The Morgan fingerprint density at radius 2 is 1.63 bits per heavy atom. The van der Waals surface area contributed by atoms with Crippen LogP contribution in [0.5, 0.6) is 0 Å². The van der Waals surface area contributed by atoms with E-state index in [1.807, 2.05) is 47.2 Å². The molecule has 10 nitrogen and oxygen atoms in total. The SMILES string of the molecule is CN(Cc1ccccc1)c1cc(C=C2SC(=O)NC2=O)nc(N2CCN(S(=O)(=O)c3ccccc3)CC2)n1. The molecule has 0 spiro atoms. The van der Waals surface area contributed by atoms with Crippen LogP contribution in [-0.2, 0) is 21.4 Å². The van der Waals surface area contributed by atoms with Crippen LogP contribution in [0.1, 0.15) is 11.3 Å². The first-order valence-electron chi connectivity index (χ1n) is 12.0. The fourth-order valence-electron chi connectivity index (χ4n) is 4.21. The van der Waals surface area contributed by atoms with E-state index in [-0.39, 0.29) is 22.9 Å². The molecule has 3 aromatic rings. The van der Waals surface area contributed by atoms with Crippen molar-refractivity contribution < 1.29 is 18.0 Å². The first kappa shape index (κ1) is 25.9. The van der Waals surface area contributed by atoms with Crippen molar-refractivity contribution in [2.24, 2.45) is 0 Å². The van der Waals surface area contributed by atoms with Crippen molar-refractivity contribution in [3.63, 3.8) is 0 Å². The average Bonchev–Trinajstić information content (AvgIpc) is 3.25. The highest BCUT2D eigenvalue weighted by atomic mass is 32.2. The van der Waals surface area contributed by atoms with Crippen molar-refractivity contribution in [1.29, 1.82) is 0 Å². The molecule has 2 aliphatic heterocycles. The quantitative estimate of drug-likeness (QED) is 0.443. The largest absolute Gasteiger partial charge is 0.355 e. The minimum atomic E-state index is -3.59. The molecule has 0 saturated carbocycles. The molecule has 1 N–H and O–H groups in total. The van der Waals surface area contributed by atoms with Gasteiger partial charge in [0.15, 0.2) is 0 Å². The van der Waals surface area contributed by atoms with Crippen LogP contribution >= 0.6 is 11.8 Å². The second-order valence-corrected chi connectivity index (χ2v) is 11.8. The van der Waals surface area contributed by atoms with Gasteiger partial charge in [0.25, 0.3) is 11.1 Å². The van der Waals surface area contributed by atoms with Crippen LogP contribution in [0.15, 0.2) is 76.5 Å². The molecule has 1 aromatic heterocycles. The highest BCUT2D eigenvalue weighted by Crippen LogP contribution is 2.28. The van der Waals surface area contributed by atoms with Gasteiger partial charge in [-0.05, 0) is 35.5 Å². The fourth-order valence-corrected chi connectivity index (χ4v) is 6.32. The second-order valence-electron chi connectivity index (χ2n) is 8.85. The number of carbonyl (C=O) groups is 2. The normalized spacial score (nSPS) is 17.6. The lowest BCUT2D eigenvalue weighted by atomic mass is 10.2. The number of sulfonamides is 1. The summed E-state index contributed by atoms with van der Waals surface area (Å²) in [5, 5.41) is 1.83. The molecule has 3 heterocycles. The Kier molecular flexibility index (Phi) is 7.45. The third-order valence-electron chi connectivity index (χ3n) is 6.20. The maximum absolute atomic E-state index is 13.0. The zero-order valence-corrected chi connectivity index (χ0v) is 22.3. The predicted octanol–water partition coefficient (Wildman–Crippen LogP) is 2.95. The summed E-state index contributed by atoms with van der Waals surface area (Å²) in [6, 6.07) is 20.1. The zero-order chi connectivity index (χ0) is 26.7. The van der Waals surface area contributed by atoms with E-state index in [1.165, 1.54) is 4.31 Å². The van der Waals surface area contributed by atoms with Crippen LogP contribution in [-0.4, -0.2) is 67.1 Å². The first-order valence-corrected chi connectivity index (χ1v) is 14.2. The third-order valence-corrected chi connectivity index (χ3v) is 8.92. The summed E-state index contributed by atoms with van der Waals surface area (Å²) < 4.78 is 27.6. The number of imide groups is 1. The molecular weight excluding hydrogens is 524 g/mol. The van der Waals surface area contributed by atoms with E-state index in [0.29, 0.717) is 37.1 Å². The van der Waals surface area contributed by atoms with Crippen LogP contribution in [0.4, 0.5) is 16.6 Å². The number of benzene rings is 2. The highest BCUT2D eigenvalue weighted by molar-refractivity contribution is 8.18. The molecule has 12 heteroatoms. The molecule has 2 aliphatic rings. The summed E-state index contributed by atoms with van der Waals surface area (Å²) in [5.41, 5.74) is 1.59. The van der Waals surface area contributed by atoms with E-state index < -0.39 is 21.2 Å². The highest BCUT2D eigenvalue weighted by Gasteiger charge is 2.30. The van der Waals surface area contributed by atoms with E-state index in [2.05, 4.69) is 10.3 Å². The predicted molar refractivity (Wildman–Crippen MR) is 147 cm³/mol. The van der Waals surface area contributed by atoms with E-state index in [9.17, 15) is 18.0 Å². The molecule has 5 rings (SSSR count). The molecule has 2 aromatic carbocycles. The number of rotatable bonds is 7. The Balaban J connectivity index is 1.40. The van der Waals surface area contributed by atoms with Gasteiger partial charge in [-0.3, -0.25) is 14.9 Å². The molecular formula is C26H26N6O4S2. The van der Waals surface area contributed by atoms with Crippen molar-refractivity contribution in [3.05, 3.63) is 82.9 Å². The van der Waals surface area contributed by atoms with Gasteiger partial charge in [-0.25, -0.2) is 13.4 Å². The number of piperazine rings is 1. The smallest absolute Gasteiger partial charge is 0.290 e. The van der Waals surface area contributed by atoms with Crippen LogP contribution in [0.2, 0.25) is 0 Å². The van der Waals surface area contributed by atoms with Crippen molar-refractivity contribution in [3.8, 4) is 0 Å². The van der Waals surface area contributed by atoms with E-state index in [1.54, 1.807) is 42.5 Å². The van der Waals surface area contributed by atoms with Crippen molar-refractivity contribution in [2.45, 2.75) is 11.4 Å². The van der Waals surface area contributed by atoms with E-state index in [4.69, 9.17) is 4.98 Å². The summed E-state index contributed by atoms with van der Waals surface area (Å²) in [7, 11) is -1.67. The van der Waals surface area contributed by atoms with Gasteiger partial charge in [0.1, 0.15) is 5.82 Å².